The molecule has 0 atom stereocenters. The van der Waals surface area contributed by atoms with Gasteiger partial charge in [-0.15, -0.1) is 0 Å². The van der Waals surface area contributed by atoms with Gasteiger partial charge < -0.3 is 14.8 Å². The Morgan fingerprint density at radius 2 is 1.70 bits per heavy atom. The molecule has 0 unspecified atom stereocenters. The van der Waals surface area contributed by atoms with Gasteiger partial charge in [-0.05, 0) is 55.0 Å². The molecule has 7 nitrogen and oxygen atoms in total. The van der Waals surface area contributed by atoms with Crippen molar-refractivity contribution in [2.75, 3.05) is 11.9 Å². The monoisotopic (exact) mass is 553 g/mol. The van der Waals surface area contributed by atoms with Crippen molar-refractivity contribution in [1.82, 2.24) is 5.43 Å². The number of hydrazone groups is 1. The number of nitrogens with zero attached hydrogens (tertiary/aromatic N) is 1. The number of amides is 2. The second-order valence-electron chi connectivity index (χ2n) is 7.36. The molecule has 0 fully saturated rings. The number of anilines is 1. The molecule has 0 radical (unpaired) electrons. The molecular weight excluding hydrogens is 534 g/mol. The van der Waals surface area contributed by atoms with Gasteiger partial charge in [-0.2, -0.15) is 18.3 Å². The Labute approximate surface area is 220 Å². The van der Waals surface area contributed by atoms with E-state index >= 15 is 0 Å². The van der Waals surface area contributed by atoms with Crippen LogP contribution in [-0.4, -0.2) is 24.6 Å². The second kappa shape index (κ2) is 12.5. The predicted octanol–water partition coefficient (Wildman–Crippen LogP) is 6.08. The van der Waals surface area contributed by atoms with Crippen LogP contribution in [0, 0.1) is 0 Å². The minimum Gasteiger partial charge on any atom is -0.490 e. The maximum absolute atomic E-state index is 12.9. The van der Waals surface area contributed by atoms with Crippen LogP contribution in [0.25, 0.3) is 0 Å². The van der Waals surface area contributed by atoms with E-state index in [0.29, 0.717) is 34.8 Å². The van der Waals surface area contributed by atoms with Crippen molar-refractivity contribution in [1.29, 1.82) is 0 Å². The third-order valence-electron chi connectivity index (χ3n) is 4.74. The van der Waals surface area contributed by atoms with E-state index in [1.165, 1.54) is 6.21 Å². The van der Waals surface area contributed by atoms with E-state index in [0.717, 1.165) is 17.7 Å². The summed E-state index contributed by atoms with van der Waals surface area (Å²) in [5, 5.41) is 6.14. The minimum atomic E-state index is -4.65. The van der Waals surface area contributed by atoms with Crippen molar-refractivity contribution in [2.45, 2.75) is 19.7 Å². The highest BCUT2D eigenvalue weighted by molar-refractivity contribution is 6.41. The van der Waals surface area contributed by atoms with Gasteiger partial charge in [0.05, 0.1) is 29.1 Å². The molecule has 0 saturated heterocycles. The first-order valence-corrected chi connectivity index (χ1v) is 11.5. The SMILES string of the molecule is CCOc1cc(C=NNC(=O)C(=O)Nc2cc(C(F)(F)F)ccc2Cl)ccc1OCc1ccccc1Cl. The number of halogens is 5. The Kier molecular flexibility index (Phi) is 9.37. The van der Waals surface area contributed by atoms with E-state index in [2.05, 4.69) is 5.10 Å². The van der Waals surface area contributed by atoms with Crippen molar-refractivity contribution in [2.24, 2.45) is 5.10 Å². The van der Waals surface area contributed by atoms with Crippen LogP contribution < -0.4 is 20.2 Å². The Morgan fingerprint density at radius 1 is 0.946 bits per heavy atom. The molecule has 0 aliphatic heterocycles. The summed E-state index contributed by atoms with van der Waals surface area (Å²) < 4.78 is 50.1. The average molecular weight is 554 g/mol. The lowest BCUT2D eigenvalue weighted by atomic mass is 10.2. The van der Waals surface area contributed by atoms with E-state index in [4.69, 9.17) is 32.7 Å². The van der Waals surface area contributed by atoms with Crippen LogP contribution in [0.2, 0.25) is 10.0 Å². The predicted molar refractivity (Wildman–Crippen MR) is 134 cm³/mol. The van der Waals surface area contributed by atoms with Gasteiger partial charge in [0.2, 0.25) is 0 Å². The highest BCUT2D eigenvalue weighted by atomic mass is 35.5. The maximum atomic E-state index is 12.9. The van der Waals surface area contributed by atoms with Gasteiger partial charge in [-0.25, -0.2) is 5.43 Å². The molecule has 0 spiro atoms. The standard InChI is InChI=1S/C25H20Cl2F3N3O4/c1-2-36-22-11-15(7-10-21(22)37-14-16-5-3-4-6-18(16)26)13-31-33-24(35)23(34)32-20-12-17(25(28,29)30)8-9-19(20)27/h3-13H,2,14H2,1H3,(H,32,34)(H,33,35). The summed E-state index contributed by atoms with van der Waals surface area (Å²) >= 11 is 12.0. The van der Waals surface area contributed by atoms with E-state index in [1.807, 2.05) is 28.9 Å². The number of hydrogen-bond acceptors (Lipinski definition) is 5. The number of nitrogens with one attached hydrogen (secondary N) is 2. The molecular formula is C25H20Cl2F3N3O4. The Balaban J connectivity index is 1.63. The number of carbonyl (C=O) groups excluding carboxylic acids is 2. The minimum absolute atomic E-state index is 0.169. The molecule has 194 valence electrons. The summed E-state index contributed by atoms with van der Waals surface area (Å²) in [6.07, 6.45) is -3.39. The number of alkyl halides is 3. The molecule has 0 aliphatic carbocycles. The lowest BCUT2D eigenvalue weighted by Gasteiger charge is -2.13. The van der Waals surface area contributed by atoms with E-state index in [9.17, 15) is 22.8 Å². The molecule has 0 aromatic heterocycles. The summed E-state index contributed by atoms with van der Waals surface area (Å²) in [6.45, 7) is 2.38. The van der Waals surface area contributed by atoms with Crippen molar-refractivity contribution in [3.05, 3.63) is 87.4 Å². The van der Waals surface area contributed by atoms with E-state index in [-0.39, 0.29) is 17.3 Å². The van der Waals surface area contributed by atoms with Crippen molar-refractivity contribution in [3.63, 3.8) is 0 Å². The maximum Gasteiger partial charge on any atom is 0.416 e. The quantitative estimate of drug-likeness (QED) is 0.201. The largest absolute Gasteiger partial charge is 0.490 e. The van der Waals surface area contributed by atoms with Crippen LogP contribution >= 0.6 is 23.2 Å². The normalized spacial score (nSPS) is 11.3. The third-order valence-corrected chi connectivity index (χ3v) is 5.43. The molecule has 2 amide bonds. The van der Waals surface area contributed by atoms with Gasteiger partial charge in [0.25, 0.3) is 0 Å². The van der Waals surface area contributed by atoms with Crippen LogP contribution in [0.4, 0.5) is 18.9 Å². The molecule has 0 saturated carbocycles. The van der Waals surface area contributed by atoms with Crippen LogP contribution in [0.3, 0.4) is 0 Å². The molecule has 0 heterocycles. The van der Waals surface area contributed by atoms with Crippen molar-refractivity contribution < 1.29 is 32.2 Å². The molecule has 0 aliphatic rings. The van der Waals surface area contributed by atoms with Gasteiger partial charge in [0.15, 0.2) is 11.5 Å². The fourth-order valence-corrected chi connectivity index (χ4v) is 3.31. The lowest BCUT2D eigenvalue weighted by Crippen LogP contribution is -2.32. The summed E-state index contributed by atoms with van der Waals surface area (Å²) in [5.74, 6) is -1.59. The zero-order valence-corrected chi connectivity index (χ0v) is 20.7. The summed E-state index contributed by atoms with van der Waals surface area (Å²) in [7, 11) is 0. The Morgan fingerprint density at radius 3 is 2.41 bits per heavy atom. The molecule has 3 rings (SSSR count). The van der Waals surface area contributed by atoms with E-state index in [1.54, 1.807) is 31.2 Å². The van der Waals surface area contributed by atoms with Crippen molar-refractivity contribution >= 4 is 46.9 Å². The lowest BCUT2D eigenvalue weighted by molar-refractivity contribution is -0.137. The Bertz CT molecular complexity index is 1320. The van der Waals surface area contributed by atoms with Gasteiger partial charge in [-0.1, -0.05) is 41.4 Å². The first kappa shape index (κ1) is 27.8. The molecule has 37 heavy (non-hydrogen) atoms. The molecule has 3 aromatic rings. The van der Waals surface area contributed by atoms with Crippen molar-refractivity contribution in [3.8, 4) is 11.5 Å². The van der Waals surface area contributed by atoms with Gasteiger partial charge >= 0.3 is 18.0 Å². The van der Waals surface area contributed by atoms with Gasteiger partial charge in [0.1, 0.15) is 6.61 Å². The zero-order valence-electron chi connectivity index (χ0n) is 19.2. The summed E-state index contributed by atoms with van der Waals surface area (Å²) in [4.78, 5) is 24.1. The first-order chi connectivity index (χ1) is 17.6. The number of ether oxygens (including phenoxy) is 2. The fourth-order valence-electron chi connectivity index (χ4n) is 2.96. The van der Waals surface area contributed by atoms with Gasteiger partial charge in [-0.3, -0.25) is 9.59 Å². The van der Waals surface area contributed by atoms with E-state index < -0.39 is 23.6 Å². The fraction of sp³-hybridized carbons (Fsp3) is 0.160. The van der Waals surface area contributed by atoms with Gasteiger partial charge in [0, 0.05) is 10.6 Å². The number of rotatable bonds is 8. The van der Waals surface area contributed by atoms with Crippen LogP contribution in [0.1, 0.15) is 23.6 Å². The smallest absolute Gasteiger partial charge is 0.416 e. The molecule has 3 aromatic carbocycles. The second-order valence-corrected chi connectivity index (χ2v) is 8.18. The zero-order chi connectivity index (χ0) is 27.0. The molecule has 12 heteroatoms. The molecule has 2 N–H and O–H groups in total. The summed E-state index contributed by atoms with van der Waals surface area (Å²) in [6, 6.07) is 14.5. The highest BCUT2D eigenvalue weighted by Gasteiger charge is 2.31. The van der Waals surface area contributed by atoms with Crippen LogP contribution in [0.5, 0.6) is 11.5 Å². The summed E-state index contributed by atoms with van der Waals surface area (Å²) in [5.41, 5.74) is 1.91. The number of carbonyl (C=O) groups is 2. The Hall–Kier alpha value is -3.76. The van der Waals surface area contributed by atoms with Crippen LogP contribution in [-0.2, 0) is 22.4 Å². The number of hydrogen-bond donors (Lipinski definition) is 2. The highest BCUT2D eigenvalue weighted by Crippen LogP contribution is 2.34. The van der Waals surface area contributed by atoms with Crippen LogP contribution in [0.15, 0.2) is 65.8 Å². The number of benzene rings is 3. The average Bonchev–Trinajstić information content (AvgIpc) is 2.85. The molecule has 0 bridgehead atoms. The third kappa shape index (κ3) is 7.86. The topological polar surface area (TPSA) is 89.0 Å². The first-order valence-electron chi connectivity index (χ1n) is 10.7.